The molecule has 1 nitrogen and oxygen atoms in total. The van der Waals surface area contributed by atoms with E-state index in [9.17, 15) is 4.79 Å². The molecular weight excluding hydrogens is 172 g/mol. The molecule has 0 aliphatic heterocycles. The first kappa shape index (κ1) is 11.5. The largest absolute Gasteiger partial charge is 0.298 e. The third-order valence-electron chi connectivity index (χ3n) is 3.13. The molecular formula is C13H22O. The van der Waals surface area contributed by atoms with Gasteiger partial charge in [-0.1, -0.05) is 39.3 Å². The van der Waals surface area contributed by atoms with E-state index in [2.05, 4.69) is 33.8 Å². The van der Waals surface area contributed by atoms with Crippen LogP contribution in [-0.2, 0) is 4.79 Å². The Balaban J connectivity index is 3.13. The normalized spacial score (nSPS) is 25.1. The van der Waals surface area contributed by atoms with Crippen LogP contribution in [0, 0.1) is 16.7 Å². The monoisotopic (exact) mass is 194 g/mol. The number of allylic oxidation sites excluding steroid dienone is 2. The molecule has 0 aromatic rings. The van der Waals surface area contributed by atoms with E-state index in [-0.39, 0.29) is 10.8 Å². The maximum Gasteiger partial charge on any atom is 0.148 e. The molecule has 14 heavy (non-hydrogen) atoms. The van der Waals surface area contributed by atoms with Crippen molar-refractivity contribution in [1.29, 1.82) is 0 Å². The van der Waals surface area contributed by atoms with E-state index in [0.29, 0.717) is 11.7 Å². The number of hydrogen-bond donors (Lipinski definition) is 0. The Labute approximate surface area is 87.6 Å². The smallest absolute Gasteiger partial charge is 0.148 e. The lowest BCUT2D eigenvalue weighted by molar-refractivity contribution is -0.134. The van der Waals surface area contributed by atoms with Crippen molar-refractivity contribution in [1.82, 2.24) is 0 Å². The fourth-order valence-electron chi connectivity index (χ4n) is 2.41. The summed E-state index contributed by atoms with van der Waals surface area (Å²) in [7, 11) is 0. The summed E-state index contributed by atoms with van der Waals surface area (Å²) < 4.78 is 0. The van der Waals surface area contributed by atoms with Gasteiger partial charge in [-0.2, -0.15) is 0 Å². The molecule has 1 heteroatoms. The Kier molecular flexibility index (Phi) is 2.64. The van der Waals surface area contributed by atoms with E-state index >= 15 is 0 Å². The van der Waals surface area contributed by atoms with E-state index in [1.807, 2.05) is 13.8 Å². The molecule has 0 fully saturated rings. The van der Waals surface area contributed by atoms with Crippen LogP contribution in [0.25, 0.3) is 0 Å². The van der Waals surface area contributed by atoms with Crippen LogP contribution in [0.4, 0.5) is 0 Å². The minimum absolute atomic E-state index is 0.183. The maximum atomic E-state index is 12.1. The molecule has 0 amide bonds. The average molecular weight is 194 g/mol. The van der Waals surface area contributed by atoms with Crippen molar-refractivity contribution in [2.75, 3.05) is 0 Å². The first-order valence-corrected chi connectivity index (χ1v) is 5.43. The molecule has 1 rings (SSSR count). The molecule has 1 aliphatic carbocycles. The van der Waals surface area contributed by atoms with Crippen molar-refractivity contribution in [3.8, 4) is 0 Å². The highest BCUT2D eigenvalue weighted by Crippen LogP contribution is 2.43. The van der Waals surface area contributed by atoms with Crippen molar-refractivity contribution in [3.05, 3.63) is 11.6 Å². The van der Waals surface area contributed by atoms with Crippen LogP contribution in [0.15, 0.2) is 11.6 Å². The van der Waals surface area contributed by atoms with Crippen molar-refractivity contribution >= 4 is 5.78 Å². The molecule has 1 aliphatic rings. The first-order valence-electron chi connectivity index (χ1n) is 5.43. The van der Waals surface area contributed by atoms with Crippen LogP contribution in [-0.4, -0.2) is 5.78 Å². The average Bonchev–Trinajstić information content (AvgIpc) is 1.98. The summed E-state index contributed by atoms with van der Waals surface area (Å²) in [5, 5.41) is 0. The Morgan fingerprint density at radius 3 is 2.07 bits per heavy atom. The van der Waals surface area contributed by atoms with Gasteiger partial charge in [-0.05, 0) is 26.2 Å². The van der Waals surface area contributed by atoms with Gasteiger partial charge in [-0.3, -0.25) is 4.79 Å². The molecule has 0 saturated heterocycles. The summed E-state index contributed by atoms with van der Waals surface area (Å²) in [6.07, 6.45) is 3.10. The van der Waals surface area contributed by atoms with Crippen molar-refractivity contribution in [3.63, 3.8) is 0 Å². The van der Waals surface area contributed by atoms with Gasteiger partial charge in [-0.25, -0.2) is 0 Å². The lowest BCUT2D eigenvalue weighted by Crippen LogP contribution is -2.40. The molecule has 0 radical (unpaired) electrons. The van der Waals surface area contributed by atoms with Gasteiger partial charge in [0.15, 0.2) is 0 Å². The second kappa shape index (κ2) is 3.22. The van der Waals surface area contributed by atoms with E-state index in [1.54, 1.807) is 0 Å². The Morgan fingerprint density at radius 1 is 1.21 bits per heavy atom. The molecule has 0 saturated carbocycles. The molecule has 0 aromatic carbocycles. The molecule has 0 atom stereocenters. The second-order valence-electron chi connectivity index (χ2n) is 5.99. The van der Waals surface area contributed by atoms with Crippen molar-refractivity contribution in [2.24, 2.45) is 16.7 Å². The summed E-state index contributed by atoms with van der Waals surface area (Å²) in [5.74, 6) is 0.927. The summed E-state index contributed by atoms with van der Waals surface area (Å²) in [4.78, 5) is 12.1. The Bertz CT molecular complexity index is 280. The van der Waals surface area contributed by atoms with Gasteiger partial charge in [0.05, 0.1) is 0 Å². The topological polar surface area (TPSA) is 17.1 Å². The van der Waals surface area contributed by atoms with E-state index < -0.39 is 0 Å². The fourth-order valence-corrected chi connectivity index (χ4v) is 2.41. The highest BCUT2D eigenvalue weighted by Gasteiger charge is 2.42. The van der Waals surface area contributed by atoms with Gasteiger partial charge in [0.1, 0.15) is 5.78 Å². The van der Waals surface area contributed by atoms with Crippen LogP contribution >= 0.6 is 0 Å². The molecule has 80 valence electrons. The number of carbonyl (C=O) groups excluding carboxylic acids is 1. The van der Waals surface area contributed by atoms with Gasteiger partial charge in [0.2, 0.25) is 0 Å². The highest BCUT2D eigenvalue weighted by atomic mass is 16.1. The zero-order valence-electron chi connectivity index (χ0n) is 10.3. The van der Waals surface area contributed by atoms with Crippen LogP contribution in [0.2, 0.25) is 0 Å². The van der Waals surface area contributed by atoms with E-state index in [4.69, 9.17) is 0 Å². The summed E-state index contributed by atoms with van der Waals surface area (Å²) >= 11 is 0. The molecule has 0 unspecified atom stereocenters. The SMILES string of the molecule is CC(C)C1=CC(C)(C)C(=O)C(C)(C)C1. The lowest BCUT2D eigenvalue weighted by atomic mass is 9.64. The summed E-state index contributed by atoms with van der Waals surface area (Å²) in [5.41, 5.74) is 0.971. The minimum Gasteiger partial charge on any atom is -0.298 e. The molecule has 0 spiro atoms. The van der Waals surface area contributed by atoms with Crippen LogP contribution in [0.1, 0.15) is 48.0 Å². The minimum atomic E-state index is -0.276. The molecule has 0 N–H and O–H groups in total. The van der Waals surface area contributed by atoms with Gasteiger partial charge < -0.3 is 0 Å². The standard InChI is InChI=1S/C13H22O/c1-9(2)10-7-12(3,4)11(14)13(5,6)8-10/h7,9H,8H2,1-6H3. The summed E-state index contributed by atoms with van der Waals surface area (Å²) in [6.45, 7) is 12.6. The van der Waals surface area contributed by atoms with Crippen LogP contribution in [0.3, 0.4) is 0 Å². The molecule has 0 aromatic heterocycles. The number of carbonyl (C=O) groups is 1. The molecule has 0 bridgehead atoms. The third-order valence-corrected chi connectivity index (χ3v) is 3.13. The third kappa shape index (κ3) is 1.92. The van der Waals surface area contributed by atoms with Crippen molar-refractivity contribution in [2.45, 2.75) is 48.0 Å². The number of ketones is 1. The van der Waals surface area contributed by atoms with Gasteiger partial charge in [-0.15, -0.1) is 0 Å². The Morgan fingerprint density at radius 2 is 1.71 bits per heavy atom. The van der Waals surface area contributed by atoms with Crippen LogP contribution < -0.4 is 0 Å². The summed E-state index contributed by atoms with van der Waals surface area (Å²) in [6, 6.07) is 0. The Hall–Kier alpha value is -0.590. The van der Waals surface area contributed by atoms with Crippen LogP contribution in [0.5, 0.6) is 0 Å². The van der Waals surface area contributed by atoms with E-state index in [0.717, 1.165) is 6.42 Å². The quantitative estimate of drug-likeness (QED) is 0.583. The fraction of sp³-hybridized carbons (Fsp3) is 0.769. The number of rotatable bonds is 1. The second-order valence-corrected chi connectivity index (χ2v) is 5.99. The van der Waals surface area contributed by atoms with Gasteiger partial charge >= 0.3 is 0 Å². The van der Waals surface area contributed by atoms with E-state index in [1.165, 1.54) is 5.57 Å². The number of hydrogen-bond acceptors (Lipinski definition) is 1. The predicted octanol–water partition coefficient (Wildman–Crippen LogP) is 3.59. The van der Waals surface area contributed by atoms with Crippen molar-refractivity contribution < 1.29 is 4.79 Å². The number of Topliss-reactive ketones (excluding diaryl/α,β-unsaturated/α-hetero) is 1. The predicted molar refractivity (Wildman–Crippen MR) is 60.1 cm³/mol. The van der Waals surface area contributed by atoms with Gasteiger partial charge in [0.25, 0.3) is 0 Å². The zero-order chi connectivity index (χ0) is 11.1. The maximum absolute atomic E-state index is 12.1. The lowest BCUT2D eigenvalue weighted by Gasteiger charge is -2.38. The van der Waals surface area contributed by atoms with Gasteiger partial charge in [0, 0.05) is 10.8 Å². The zero-order valence-corrected chi connectivity index (χ0v) is 10.3. The first-order chi connectivity index (χ1) is 6.17. The molecule has 0 heterocycles. The highest BCUT2D eigenvalue weighted by molar-refractivity contribution is 5.92.